The van der Waals surface area contributed by atoms with Gasteiger partial charge in [-0.15, -0.1) is 0 Å². The number of unbranched alkanes of at least 4 members (excludes halogenated alkanes) is 2. The van der Waals surface area contributed by atoms with E-state index in [2.05, 4.69) is 32.0 Å². The summed E-state index contributed by atoms with van der Waals surface area (Å²) in [6, 6.07) is 14.4. The maximum absolute atomic E-state index is 12.0. The molecule has 0 aliphatic rings. The van der Waals surface area contributed by atoms with Crippen LogP contribution in [0.15, 0.2) is 42.5 Å². The number of primary amides is 1. The number of carbonyl (C=O) groups is 1. The van der Waals surface area contributed by atoms with Crippen LogP contribution >= 0.6 is 0 Å². The Morgan fingerprint density at radius 1 is 1.04 bits per heavy atom. The summed E-state index contributed by atoms with van der Waals surface area (Å²) in [5, 5.41) is 0. The molecule has 0 aliphatic carbocycles. The molecule has 1 unspecified atom stereocenters. The number of hydrogen-bond acceptors (Lipinski definition) is 1. The third kappa shape index (κ3) is 4.25. The van der Waals surface area contributed by atoms with Gasteiger partial charge in [-0.3, -0.25) is 4.79 Å². The van der Waals surface area contributed by atoms with Gasteiger partial charge in [0, 0.05) is 5.56 Å². The number of rotatable bonds is 8. The Kier molecular flexibility index (Phi) is 6.60. The molecule has 0 saturated heterocycles. The standard InChI is InChI=1S/C22H29NO/c1-4-6-8-11-17(5-2)20-14-19(18-12-9-7-10-13-18)15-21(16(20)3)22(23)24/h7,9-10,12-15,17H,4-6,8,11H2,1-3H3,(H2,23,24). The summed E-state index contributed by atoms with van der Waals surface area (Å²) < 4.78 is 0. The minimum atomic E-state index is -0.338. The van der Waals surface area contributed by atoms with Crippen LogP contribution in [0.4, 0.5) is 0 Å². The van der Waals surface area contributed by atoms with Crippen molar-refractivity contribution in [3.05, 3.63) is 59.2 Å². The van der Waals surface area contributed by atoms with Gasteiger partial charge in [0.1, 0.15) is 0 Å². The van der Waals surface area contributed by atoms with Crippen molar-refractivity contribution in [2.75, 3.05) is 0 Å². The van der Waals surface area contributed by atoms with Crippen LogP contribution in [0.2, 0.25) is 0 Å². The van der Waals surface area contributed by atoms with E-state index in [9.17, 15) is 4.79 Å². The molecule has 0 radical (unpaired) electrons. The molecule has 2 nitrogen and oxygen atoms in total. The SMILES string of the molecule is CCCCCC(CC)c1cc(-c2ccccc2)cc(C(N)=O)c1C. The molecule has 128 valence electrons. The quantitative estimate of drug-likeness (QED) is 0.610. The summed E-state index contributed by atoms with van der Waals surface area (Å²) >= 11 is 0. The molecular weight excluding hydrogens is 294 g/mol. The van der Waals surface area contributed by atoms with E-state index in [1.165, 1.54) is 31.2 Å². The summed E-state index contributed by atoms with van der Waals surface area (Å²) in [5.74, 6) is 0.147. The predicted molar refractivity (Wildman–Crippen MR) is 102 cm³/mol. The molecule has 1 atom stereocenters. The Morgan fingerprint density at radius 3 is 2.33 bits per heavy atom. The first kappa shape index (κ1) is 18.3. The van der Waals surface area contributed by atoms with Crippen molar-refractivity contribution < 1.29 is 4.79 Å². The maximum atomic E-state index is 12.0. The molecule has 0 spiro atoms. The molecule has 0 aromatic heterocycles. The van der Waals surface area contributed by atoms with Crippen LogP contribution in [0.3, 0.4) is 0 Å². The van der Waals surface area contributed by atoms with E-state index in [0.29, 0.717) is 11.5 Å². The minimum Gasteiger partial charge on any atom is -0.366 e. The fraction of sp³-hybridized carbons (Fsp3) is 0.409. The Balaban J connectivity index is 2.48. The number of nitrogens with two attached hydrogens (primary N) is 1. The fourth-order valence-electron chi connectivity index (χ4n) is 3.43. The van der Waals surface area contributed by atoms with Gasteiger partial charge in [0.25, 0.3) is 0 Å². The van der Waals surface area contributed by atoms with E-state index in [0.717, 1.165) is 23.1 Å². The molecule has 0 heterocycles. The van der Waals surface area contributed by atoms with Crippen LogP contribution in [0.1, 0.15) is 73.4 Å². The number of hydrogen-bond donors (Lipinski definition) is 1. The second kappa shape index (κ2) is 8.68. The number of amides is 1. The van der Waals surface area contributed by atoms with Crippen LogP contribution in [-0.2, 0) is 0 Å². The summed E-state index contributed by atoms with van der Waals surface area (Å²) in [4.78, 5) is 12.0. The minimum absolute atomic E-state index is 0.338. The first-order chi connectivity index (χ1) is 11.6. The second-order valence-corrected chi connectivity index (χ2v) is 6.57. The van der Waals surface area contributed by atoms with Crippen LogP contribution in [0.5, 0.6) is 0 Å². The average molecular weight is 323 g/mol. The zero-order valence-electron chi connectivity index (χ0n) is 15.1. The predicted octanol–water partition coefficient (Wildman–Crippen LogP) is 5.83. The van der Waals surface area contributed by atoms with Gasteiger partial charge in [0.15, 0.2) is 0 Å². The molecule has 2 aromatic carbocycles. The summed E-state index contributed by atoms with van der Waals surface area (Å²) in [6.45, 7) is 6.50. The van der Waals surface area contributed by atoms with Gasteiger partial charge in [-0.2, -0.15) is 0 Å². The van der Waals surface area contributed by atoms with Gasteiger partial charge in [-0.05, 0) is 54.0 Å². The van der Waals surface area contributed by atoms with Gasteiger partial charge in [-0.1, -0.05) is 69.5 Å². The first-order valence-corrected chi connectivity index (χ1v) is 9.08. The van der Waals surface area contributed by atoms with E-state index in [1.54, 1.807) is 0 Å². The first-order valence-electron chi connectivity index (χ1n) is 9.08. The lowest BCUT2D eigenvalue weighted by Gasteiger charge is -2.21. The van der Waals surface area contributed by atoms with Gasteiger partial charge in [0.05, 0.1) is 0 Å². The van der Waals surface area contributed by atoms with Crippen LogP contribution in [-0.4, -0.2) is 5.91 Å². The van der Waals surface area contributed by atoms with Crippen molar-refractivity contribution in [2.45, 2.75) is 58.8 Å². The molecular formula is C22H29NO. The normalized spacial score (nSPS) is 12.1. The average Bonchev–Trinajstić information content (AvgIpc) is 2.60. The molecule has 0 fully saturated rings. The molecule has 1 amide bonds. The molecule has 0 aliphatic heterocycles. The van der Waals surface area contributed by atoms with Crippen molar-refractivity contribution >= 4 is 5.91 Å². The molecule has 0 saturated carbocycles. The highest BCUT2D eigenvalue weighted by atomic mass is 16.1. The van der Waals surface area contributed by atoms with Gasteiger partial charge in [0.2, 0.25) is 5.91 Å². The van der Waals surface area contributed by atoms with Crippen molar-refractivity contribution in [3.63, 3.8) is 0 Å². The fourth-order valence-corrected chi connectivity index (χ4v) is 3.43. The third-order valence-corrected chi connectivity index (χ3v) is 4.91. The lowest BCUT2D eigenvalue weighted by Crippen LogP contribution is -2.15. The van der Waals surface area contributed by atoms with E-state index in [1.807, 2.05) is 31.2 Å². The van der Waals surface area contributed by atoms with E-state index in [4.69, 9.17) is 5.73 Å². The van der Waals surface area contributed by atoms with Crippen molar-refractivity contribution in [2.24, 2.45) is 5.73 Å². The Bertz CT molecular complexity index is 676. The highest BCUT2D eigenvalue weighted by Gasteiger charge is 2.18. The van der Waals surface area contributed by atoms with Gasteiger partial charge in [-0.25, -0.2) is 0 Å². The van der Waals surface area contributed by atoms with E-state index in [-0.39, 0.29) is 5.91 Å². The second-order valence-electron chi connectivity index (χ2n) is 6.57. The third-order valence-electron chi connectivity index (χ3n) is 4.91. The molecule has 0 bridgehead atoms. The van der Waals surface area contributed by atoms with Gasteiger partial charge >= 0.3 is 0 Å². The maximum Gasteiger partial charge on any atom is 0.248 e. The van der Waals surface area contributed by atoms with Crippen LogP contribution in [0, 0.1) is 6.92 Å². The highest BCUT2D eigenvalue weighted by molar-refractivity contribution is 5.96. The van der Waals surface area contributed by atoms with Crippen LogP contribution in [0.25, 0.3) is 11.1 Å². The molecule has 2 N–H and O–H groups in total. The smallest absolute Gasteiger partial charge is 0.248 e. The zero-order chi connectivity index (χ0) is 17.5. The van der Waals surface area contributed by atoms with E-state index < -0.39 is 0 Å². The van der Waals surface area contributed by atoms with Crippen molar-refractivity contribution in [3.8, 4) is 11.1 Å². The zero-order valence-corrected chi connectivity index (χ0v) is 15.1. The van der Waals surface area contributed by atoms with Gasteiger partial charge < -0.3 is 5.73 Å². The van der Waals surface area contributed by atoms with Crippen LogP contribution < -0.4 is 5.73 Å². The molecule has 2 rings (SSSR count). The number of carbonyl (C=O) groups excluding carboxylic acids is 1. The number of benzene rings is 2. The highest BCUT2D eigenvalue weighted by Crippen LogP contribution is 2.34. The Hall–Kier alpha value is -2.09. The Labute approximate surface area is 146 Å². The summed E-state index contributed by atoms with van der Waals surface area (Å²) in [6.07, 6.45) is 5.97. The Morgan fingerprint density at radius 2 is 1.75 bits per heavy atom. The molecule has 2 heteroatoms. The largest absolute Gasteiger partial charge is 0.366 e. The van der Waals surface area contributed by atoms with Crippen molar-refractivity contribution in [1.29, 1.82) is 0 Å². The monoisotopic (exact) mass is 323 g/mol. The van der Waals surface area contributed by atoms with Crippen molar-refractivity contribution in [1.82, 2.24) is 0 Å². The summed E-state index contributed by atoms with van der Waals surface area (Å²) in [7, 11) is 0. The lowest BCUT2D eigenvalue weighted by molar-refractivity contribution is 0.0999. The molecule has 2 aromatic rings. The summed E-state index contributed by atoms with van der Waals surface area (Å²) in [5.41, 5.74) is 10.8. The topological polar surface area (TPSA) is 43.1 Å². The lowest BCUT2D eigenvalue weighted by atomic mass is 9.84. The van der Waals surface area contributed by atoms with E-state index >= 15 is 0 Å². The molecule has 24 heavy (non-hydrogen) atoms.